The number of para-hydroxylation sites is 2. The smallest absolute Gasteiger partial charge is 0.263 e. The molecule has 0 unspecified atom stereocenters. The van der Waals surface area contributed by atoms with Crippen molar-refractivity contribution >= 4 is 43.3 Å². The van der Waals surface area contributed by atoms with Crippen LogP contribution in [-0.2, 0) is 21.2 Å². The third-order valence-corrected chi connectivity index (χ3v) is 6.27. The first-order valence-electron chi connectivity index (χ1n) is 8.87. The van der Waals surface area contributed by atoms with Gasteiger partial charge in [0.2, 0.25) is 5.88 Å². The molecule has 10 heteroatoms. The van der Waals surface area contributed by atoms with E-state index in [2.05, 4.69) is 19.7 Å². The number of ketones is 1. The van der Waals surface area contributed by atoms with Crippen LogP contribution in [0, 0.1) is 0 Å². The lowest BCUT2D eigenvalue weighted by atomic mass is 10.1. The van der Waals surface area contributed by atoms with E-state index in [0.717, 1.165) is 5.52 Å². The van der Waals surface area contributed by atoms with Crippen molar-refractivity contribution in [3.8, 4) is 5.88 Å². The number of carbonyl (C=O) groups is 1. The van der Waals surface area contributed by atoms with Crippen LogP contribution in [0.3, 0.4) is 0 Å². The normalized spacial score (nSPS) is 11.3. The summed E-state index contributed by atoms with van der Waals surface area (Å²) in [6.07, 6.45) is 3.11. The van der Waals surface area contributed by atoms with E-state index in [1.165, 1.54) is 35.9 Å². The van der Waals surface area contributed by atoms with Crippen molar-refractivity contribution in [3.63, 3.8) is 0 Å². The Morgan fingerprint density at radius 3 is 2.53 bits per heavy atom. The van der Waals surface area contributed by atoms with Crippen molar-refractivity contribution in [3.05, 3.63) is 71.9 Å². The van der Waals surface area contributed by atoms with Gasteiger partial charge in [-0.15, -0.1) is 11.3 Å². The van der Waals surface area contributed by atoms with E-state index < -0.39 is 10.0 Å². The number of Topliss-reactive ketones (excluding diaryl/α,β-unsaturated/α-hetero) is 1. The fourth-order valence-electron chi connectivity index (χ4n) is 2.68. The van der Waals surface area contributed by atoms with E-state index >= 15 is 0 Å². The Morgan fingerprint density at radius 1 is 1.03 bits per heavy atom. The highest BCUT2D eigenvalue weighted by molar-refractivity contribution is 7.93. The maximum atomic E-state index is 12.3. The zero-order chi connectivity index (χ0) is 21.0. The maximum absolute atomic E-state index is 12.3. The molecule has 30 heavy (non-hydrogen) atoms. The van der Waals surface area contributed by atoms with E-state index in [0.29, 0.717) is 16.2 Å². The predicted octanol–water partition coefficient (Wildman–Crippen LogP) is 3.08. The Hall–Kier alpha value is -3.37. The molecule has 0 radical (unpaired) electrons. The van der Waals surface area contributed by atoms with E-state index in [1.54, 1.807) is 17.5 Å². The van der Waals surface area contributed by atoms with Gasteiger partial charge in [0.1, 0.15) is 6.61 Å². The van der Waals surface area contributed by atoms with Crippen LogP contribution in [-0.4, -0.2) is 35.8 Å². The molecule has 0 aliphatic heterocycles. The molecule has 2 heterocycles. The molecule has 4 rings (SSSR count). The second-order valence-electron chi connectivity index (χ2n) is 6.29. The lowest BCUT2D eigenvalue weighted by Gasteiger charge is -2.07. The van der Waals surface area contributed by atoms with Crippen molar-refractivity contribution in [1.82, 2.24) is 15.0 Å². The second-order valence-corrected chi connectivity index (χ2v) is 8.86. The number of benzene rings is 2. The van der Waals surface area contributed by atoms with Crippen molar-refractivity contribution in [2.24, 2.45) is 0 Å². The first kappa shape index (κ1) is 19.9. The summed E-state index contributed by atoms with van der Waals surface area (Å²) in [5.74, 6) is 0.109. The Kier molecular flexibility index (Phi) is 5.68. The summed E-state index contributed by atoms with van der Waals surface area (Å²) < 4.78 is 32.5. The topological polar surface area (TPSA) is 111 Å². The van der Waals surface area contributed by atoms with Gasteiger partial charge in [-0.25, -0.2) is 23.4 Å². The Bertz CT molecular complexity index is 1270. The maximum Gasteiger partial charge on any atom is 0.263 e. The number of anilines is 1. The van der Waals surface area contributed by atoms with Crippen LogP contribution in [0.5, 0.6) is 5.88 Å². The van der Waals surface area contributed by atoms with Crippen LogP contribution in [0.1, 0.15) is 5.56 Å². The molecule has 0 amide bonds. The van der Waals surface area contributed by atoms with Crippen molar-refractivity contribution < 1.29 is 17.9 Å². The van der Waals surface area contributed by atoms with Crippen LogP contribution in [0.15, 0.2) is 71.2 Å². The van der Waals surface area contributed by atoms with Crippen LogP contribution in [0.4, 0.5) is 5.13 Å². The molecule has 2 aromatic heterocycles. The average Bonchev–Trinajstić information content (AvgIpc) is 3.25. The summed E-state index contributed by atoms with van der Waals surface area (Å²) in [6, 6.07) is 13.5. The van der Waals surface area contributed by atoms with Gasteiger partial charge >= 0.3 is 0 Å². The summed E-state index contributed by atoms with van der Waals surface area (Å²) in [7, 11) is -3.72. The summed E-state index contributed by atoms with van der Waals surface area (Å²) in [6.45, 7) is -0.154. The number of hydrogen-bond donors (Lipinski definition) is 1. The fraction of sp³-hybridized carbons (Fsp3) is 0.100. The molecule has 0 atom stereocenters. The van der Waals surface area contributed by atoms with Gasteiger partial charge in [0.15, 0.2) is 10.9 Å². The average molecular weight is 441 g/mol. The number of hydrogen-bond acceptors (Lipinski definition) is 8. The zero-order valence-corrected chi connectivity index (χ0v) is 17.2. The molecular formula is C20H16N4O4S2. The molecule has 8 nitrogen and oxygen atoms in total. The lowest BCUT2D eigenvalue weighted by molar-refractivity contribution is -0.120. The van der Waals surface area contributed by atoms with Crippen LogP contribution in [0.25, 0.3) is 11.0 Å². The summed E-state index contributed by atoms with van der Waals surface area (Å²) >= 11 is 1.19. The van der Waals surface area contributed by atoms with Gasteiger partial charge < -0.3 is 4.74 Å². The minimum atomic E-state index is -3.72. The fourth-order valence-corrected chi connectivity index (χ4v) is 4.47. The number of sulfonamides is 1. The van der Waals surface area contributed by atoms with Gasteiger partial charge in [-0.05, 0) is 29.8 Å². The number of thiazole rings is 1. The number of fused-ring (bicyclic) bond motifs is 1. The Morgan fingerprint density at radius 2 is 1.80 bits per heavy atom. The first-order valence-corrected chi connectivity index (χ1v) is 11.2. The standard InChI is InChI=1S/C20H16N4O4S2/c25-15(13-28-19-12-22-17-3-1-2-4-18(17)23-19)11-14-5-7-16(8-6-14)30(26,27)24-20-21-9-10-29-20/h1-10,12H,11,13H2,(H,21,24). The highest BCUT2D eigenvalue weighted by Crippen LogP contribution is 2.18. The lowest BCUT2D eigenvalue weighted by Crippen LogP contribution is -2.15. The summed E-state index contributed by atoms with van der Waals surface area (Å²) in [5.41, 5.74) is 2.11. The molecule has 152 valence electrons. The molecule has 0 spiro atoms. The minimum Gasteiger partial charge on any atom is -0.469 e. The number of nitrogens with zero attached hydrogens (tertiary/aromatic N) is 3. The van der Waals surface area contributed by atoms with Crippen molar-refractivity contribution in [2.45, 2.75) is 11.3 Å². The predicted molar refractivity (Wildman–Crippen MR) is 113 cm³/mol. The Balaban J connectivity index is 1.35. The molecule has 0 fully saturated rings. The first-order chi connectivity index (χ1) is 14.5. The quantitative estimate of drug-likeness (QED) is 0.448. The molecule has 4 aromatic rings. The third-order valence-electron chi connectivity index (χ3n) is 4.10. The number of rotatable bonds is 8. The van der Waals surface area contributed by atoms with Gasteiger partial charge in [-0.1, -0.05) is 24.3 Å². The highest BCUT2D eigenvalue weighted by atomic mass is 32.2. The second kappa shape index (κ2) is 8.56. The Labute approximate surface area is 176 Å². The highest BCUT2D eigenvalue weighted by Gasteiger charge is 2.16. The minimum absolute atomic E-state index is 0.0941. The van der Waals surface area contributed by atoms with Crippen LogP contribution < -0.4 is 9.46 Å². The van der Waals surface area contributed by atoms with Gasteiger partial charge in [0, 0.05) is 18.0 Å². The molecule has 1 N–H and O–H groups in total. The van der Waals surface area contributed by atoms with Crippen molar-refractivity contribution in [2.75, 3.05) is 11.3 Å². The molecular weight excluding hydrogens is 424 g/mol. The van der Waals surface area contributed by atoms with E-state index in [1.807, 2.05) is 24.3 Å². The summed E-state index contributed by atoms with van der Waals surface area (Å²) in [4.78, 5) is 24.8. The molecule has 0 bridgehead atoms. The molecule has 0 saturated heterocycles. The van der Waals surface area contributed by atoms with E-state index in [9.17, 15) is 13.2 Å². The number of nitrogens with one attached hydrogen (secondary N) is 1. The summed E-state index contributed by atoms with van der Waals surface area (Å²) in [5, 5.41) is 1.97. The third kappa shape index (κ3) is 4.78. The van der Waals surface area contributed by atoms with Crippen LogP contribution in [0.2, 0.25) is 0 Å². The van der Waals surface area contributed by atoms with Gasteiger partial charge in [0.05, 0.1) is 22.1 Å². The molecule has 0 saturated carbocycles. The molecule has 0 aliphatic carbocycles. The van der Waals surface area contributed by atoms with E-state index in [4.69, 9.17) is 4.74 Å². The van der Waals surface area contributed by atoms with Gasteiger partial charge in [0.25, 0.3) is 10.0 Å². The SMILES string of the molecule is O=C(COc1cnc2ccccc2n1)Cc1ccc(S(=O)(=O)Nc2nccs2)cc1. The van der Waals surface area contributed by atoms with Gasteiger partial charge in [-0.2, -0.15) is 0 Å². The van der Waals surface area contributed by atoms with Crippen molar-refractivity contribution in [1.29, 1.82) is 0 Å². The largest absolute Gasteiger partial charge is 0.469 e. The number of carbonyl (C=O) groups excluding carboxylic acids is 1. The monoisotopic (exact) mass is 440 g/mol. The molecule has 2 aromatic carbocycles. The number of ether oxygens (including phenoxy) is 1. The molecule has 0 aliphatic rings. The number of aromatic nitrogens is 3. The van der Waals surface area contributed by atoms with E-state index in [-0.39, 0.29) is 29.6 Å². The van der Waals surface area contributed by atoms with Crippen LogP contribution >= 0.6 is 11.3 Å². The zero-order valence-electron chi connectivity index (χ0n) is 15.6. The van der Waals surface area contributed by atoms with Gasteiger partial charge in [-0.3, -0.25) is 9.52 Å².